The van der Waals surface area contributed by atoms with E-state index in [2.05, 4.69) is 27.4 Å². The highest BCUT2D eigenvalue weighted by atomic mass is 16.5. The normalized spacial score (nSPS) is 26.5. The van der Waals surface area contributed by atoms with Crippen LogP contribution >= 0.6 is 0 Å². The first-order valence-electron chi connectivity index (χ1n) is 10.7. The van der Waals surface area contributed by atoms with Crippen molar-refractivity contribution in [3.8, 4) is 0 Å². The Bertz CT molecular complexity index is 654. The van der Waals surface area contributed by atoms with Crippen LogP contribution in [0.1, 0.15) is 45.4 Å². The van der Waals surface area contributed by atoms with Gasteiger partial charge in [0.25, 0.3) is 0 Å². The summed E-state index contributed by atoms with van der Waals surface area (Å²) in [6.45, 7) is 5.96. The Hall–Kier alpha value is -1.86. The Morgan fingerprint density at radius 1 is 1.29 bits per heavy atom. The number of anilines is 2. The molecule has 0 radical (unpaired) electrons. The maximum absolute atomic E-state index is 12.6. The van der Waals surface area contributed by atoms with Crippen LogP contribution in [0.3, 0.4) is 0 Å². The number of hydrogen-bond donors (Lipinski definition) is 2. The molecule has 2 saturated carbocycles. The molecule has 0 bridgehead atoms. The van der Waals surface area contributed by atoms with Gasteiger partial charge in [-0.05, 0) is 38.3 Å². The lowest BCUT2D eigenvalue weighted by Gasteiger charge is -2.57. The van der Waals surface area contributed by atoms with Crippen LogP contribution in [0.15, 0.2) is 18.3 Å². The molecule has 1 aromatic rings. The van der Waals surface area contributed by atoms with E-state index in [1.165, 1.54) is 19.3 Å². The molecular formula is C21H32N4O3. The molecule has 2 atom stereocenters. The van der Waals surface area contributed by atoms with Gasteiger partial charge in [0.05, 0.1) is 31.2 Å². The molecule has 7 heteroatoms. The largest absolute Gasteiger partial charge is 0.378 e. The van der Waals surface area contributed by atoms with E-state index in [1.54, 1.807) is 6.20 Å². The number of pyridine rings is 1. The molecule has 1 spiro atoms. The summed E-state index contributed by atoms with van der Waals surface area (Å²) in [5.41, 5.74) is 0.845. The Morgan fingerprint density at radius 2 is 2.07 bits per heavy atom. The van der Waals surface area contributed by atoms with Gasteiger partial charge in [0.1, 0.15) is 5.82 Å². The Kier molecular flexibility index (Phi) is 6.01. The zero-order valence-electron chi connectivity index (χ0n) is 16.8. The minimum atomic E-state index is -0.147. The average Bonchev–Trinajstić information content (AvgIpc) is 2.75. The monoisotopic (exact) mass is 388 g/mol. The lowest BCUT2D eigenvalue weighted by Crippen LogP contribution is -2.65. The van der Waals surface area contributed by atoms with Crippen molar-refractivity contribution in [3.05, 3.63) is 18.3 Å². The molecule has 2 amide bonds. The van der Waals surface area contributed by atoms with E-state index in [-0.39, 0.29) is 23.6 Å². The summed E-state index contributed by atoms with van der Waals surface area (Å²) in [5, 5.41) is 6.15. The number of carbonyl (C=O) groups excluding carboxylic acids is 1. The lowest BCUT2D eigenvalue weighted by molar-refractivity contribution is -0.146. The van der Waals surface area contributed by atoms with Crippen LogP contribution in [0.2, 0.25) is 0 Å². The number of rotatable bonds is 5. The maximum atomic E-state index is 12.6. The molecular weight excluding hydrogens is 356 g/mol. The van der Waals surface area contributed by atoms with Crippen molar-refractivity contribution in [3.63, 3.8) is 0 Å². The van der Waals surface area contributed by atoms with Gasteiger partial charge >= 0.3 is 6.03 Å². The molecule has 28 heavy (non-hydrogen) atoms. The molecule has 3 aliphatic rings. The lowest BCUT2D eigenvalue weighted by atomic mass is 9.55. The van der Waals surface area contributed by atoms with Crippen molar-refractivity contribution in [1.82, 2.24) is 10.3 Å². The molecule has 4 rings (SSSR count). The van der Waals surface area contributed by atoms with Gasteiger partial charge < -0.3 is 25.0 Å². The van der Waals surface area contributed by atoms with Gasteiger partial charge in [0.15, 0.2) is 0 Å². The third-order valence-corrected chi connectivity index (χ3v) is 6.58. The van der Waals surface area contributed by atoms with Gasteiger partial charge in [-0.2, -0.15) is 0 Å². The average molecular weight is 389 g/mol. The highest BCUT2D eigenvalue weighted by Crippen LogP contribution is 2.53. The summed E-state index contributed by atoms with van der Waals surface area (Å²) in [6, 6.07) is 3.92. The first-order valence-corrected chi connectivity index (χ1v) is 10.7. The molecule has 2 N–H and O–H groups in total. The number of nitrogens with zero attached hydrogens (tertiary/aromatic N) is 2. The highest BCUT2D eigenvalue weighted by Gasteiger charge is 2.56. The Labute approximate surface area is 167 Å². The number of aromatic nitrogens is 1. The number of ether oxygens (including phenoxy) is 2. The number of hydrogen-bond acceptors (Lipinski definition) is 5. The summed E-state index contributed by atoms with van der Waals surface area (Å²) in [6.07, 6.45) is 8.99. The molecule has 0 unspecified atom stereocenters. The van der Waals surface area contributed by atoms with E-state index >= 15 is 0 Å². The summed E-state index contributed by atoms with van der Waals surface area (Å²) in [5.74, 6) is 0.925. The predicted octanol–water partition coefficient (Wildman–Crippen LogP) is 3.17. The molecule has 7 nitrogen and oxygen atoms in total. The minimum Gasteiger partial charge on any atom is -0.378 e. The first kappa shape index (κ1) is 19.5. The topological polar surface area (TPSA) is 75.7 Å². The van der Waals surface area contributed by atoms with E-state index in [1.807, 2.05) is 12.1 Å². The number of morpholine rings is 1. The molecule has 1 aliphatic heterocycles. The number of carbonyl (C=O) groups is 1. The standard InChI is InChI=1S/C21H32N4O3/c1-2-28-18-14-17(21(18)8-4-3-5-9-21)24-20(26)23-16-6-7-19(22-15-16)25-10-12-27-13-11-25/h6-7,15,17-18H,2-5,8-14H2,1H3,(H2,23,24,26)/t17-,18+/m0/s1. The maximum Gasteiger partial charge on any atom is 0.319 e. The van der Waals surface area contributed by atoms with Crippen LogP contribution in [0, 0.1) is 5.41 Å². The van der Waals surface area contributed by atoms with Gasteiger partial charge in [-0.25, -0.2) is 9.78 Å². The predicted molar refractivity (Wildman–Crippen MR) is 109 cm³/mol. The summed E-state index contributed by atoms with van der Waals surface area (Å²) in [7, 11) is 0. The van der Waals surface area contributed by atoms with Crippen molar-refractivity contribution >= 4 is 17.5 Å². The fourth-order valence-electron chi connectivity index (χ4n) is 5.03. The fourth-order valence-corrected chi connectivity index (χ4v) is 5.03. The van der Waals surface area contributed by atoms with Crippen molar-refractivity contribution in [2.45, 2.75) is 57.6 Å². The smallest absolute Gasteiger partial charge is 0.319 e. The summed E-state index contributed by atoms with van der Waals surface area (Å²) < 4.78 is 11.4. The van der Waals surface area contributed by atoms with Gasteiger partial charge in [0.2, 0.25) is 0 Å². The van der Waals surface area contributed by atoms with Gasteiger partial charge in [-0.1, -0.05) is 19.3 Å². The molecule has 3 fully saturated rings. The van der Waals surface area contributed by atoms with Crippen molar-refractivity contribution < 1.29 is 14.3 Å². The van der Waals surface area contributed by atoms with E-state index < -0.39 is 0 Å². The Morgan fingerprint density at radius 3 is 2.75 bits per heavy atom. The zero-order valence-corrected chi connectivity index (χ0v) is 16.8. The molecule has 2 aliphatic carbocycles. The SMILES string of the molecule is CCO[C@@H]1C[C@H](NC(=O)Nc2ccc(N3CCOCC3)nc2)C12CCCCC2. The number of amides is 2. The zero-order chi connectivity index (χ0) is 19.4. The molecule has 1 aromatic heterocycles. The fraction of sp³-hybridized carbons (Fsp3) is 0.714. The minimum absolute atomic E-state index is 0.129. The van der Waals surface area contributed by atoms with Gasteiger partial charge in [-0.3, -0.25) is 0 Å². The van der Waals surface area contributed by atoms with Crippen LogP contribution < -0.4 is 15.5 Å². The van der Waals surface area contributed by atoms with Crippen LogP contribution in [-0.2, 0) is 9.47 Å². The van der Waals surface area contributed by atoms with Crippen molar-refractivity contribution in [2.24, 2.45) is 5.41 Å². The summed E-state index contributed by atoms with van der Waals surface area (Å²) >= 11 is 0. The number of nitrogens with one attached hydrogen (secondary N) is 2. The molecule has 0 aromatic carbocycles. The summed E-state index contributed by atoms with van der Waals surface area (Å²) in [4.78, 5) is 19.3. The first-order chi connectivity index (χ1) is 13.7. The second-order valence-electron chi connectivity index (χ2n) is 8.13. The molecule has 154 valence electrons. The molecule has 2 heterocycles. The van der Waals surface area contributed by atoms with Gasteiger partial charge in [0, 0.05) is 31.2 Å². The van der Waals surface area contributed by atoms with E-state index in [9.17, 15) is 4.79 Å². The second kappa shape index (κ2) is 8.66. The Balaban J connectivity index is 1.32. The van der Waals surface area contributed by atoms with Crippen LogP contribution in [0.25, 0.3) is 0 Å². The van der Waals surface area contributed by atoms with Crippen molar-refractivity contribution in [2.75, 3.05) is 43.1 Å². The van der Waals surface area contributed by atoms with E-state index in [0.29, 0.717) is 5.69 Å². The highest BCUT2D eigenvalue weighted by molar-refractivity contribution is 5.89. The third-order valence-electron chi connectivity index (χ3n) is 6.58. The van der Waals surface area contributed by atoms with Crippen LogP contribution in [0.4, 0.5) is 16.3 Å². The number of urea groups is 1. The van der Waals surface area contributed by atoms with Crippen LogP contribution in [0.5, 0.6) is 0 Å². The van der Waals surface area contributed by atoms with Crippen LogP contribution in [-0.4, -0.2) is 56.1 Å². The second-order valence-corrected chi connectivity index (χ2v) is 8.13. The molecule has 1 saturated heterocycles. The van der Waals surface area contributed by atoms with E-state index in [0.717, 1.165) is 58.0 Å². The van der Waals surface area contributed by atoms with Gasteiger partial charge in [-0.15, -0.1) is 0 Å². The van der Waals surface area contributed by atoms with E-state index in [4.69, 9.17) is 9.47 Å². The third kappa shape index (κ3) is 3.96. The van der Waals surface area contributed by atoms with Crippen molar-refractivity contribution in [1.29, 1.82) is 0 Å². The quantitative estimate of drug-likeness (QED) is 0.810.